The van der Waals surface area contributed by atoms with Crippen LogP contribution in [0.3, 0.4) is 0 Å². The quantitative estimate of drug-likeness (QED) is 0.433. The zero-order valence-corrected chi connectivity index (χ0v) is 18.9. The van der Waals surface area contributed by atoms with Crippen LogP contribution < -0.4 is 5.32 Å². The molecule has 0 spiro atoms. The van der Waals surface area contributed by atoms with Crippen LogP contribution in [0.1, 0.15) is 41.6 Å². The molecule has 0 unspecified atom stereocenters. The van der Waals surface area contributed by atoms with Gasteiger partial charge in [0.25, 0.3) is 0 Å². The first-order valence-corrected chi connectivity index (χ1v) is 10.9. The Morgan fingerprint density at radius 3 is 2.34 bits per heavy atom. The first-order valence-electron chi connectivity index (χ1n) is 10.9. The third-order valence-electron chi connectivity index (χ3n) is 5.88. The second kappa shape index (κ2) is 8.91. The molecule has 2 heterocycles. The summed E-state index contributed by atoms with van der Waals surface area (Å²) in [4.78, 5) is 17.3. The third kappa shape index (κ3) is 4.26. The molecule has 0 aliphatic carbocycles. The number of aryl methyl sites for hydroxylation is 4. The van der Waals surface area contributed by atoms with Gasteiger partial charge >= 0.3 is 0 Å². The Kier molecular flexibility index (Phi) is 6.04. The number of amides is 1. The highest BCUT2D eigenvalue weighted by atomic mass is 19.1. The first-order chi connectivity index (χ1) is 15.4. The van der Waals surface area contributed by atoms with Crippen LogP contribution in [0, 0.1) is 26.6 Å². The maximum atomic E-state index is 13.4. The number of nitrogens with one attached hydrogen (secondary N) is 1. The van der Waals surface area contributed by atoms with E-state index in [1.165, 1.54) is 17.7 Å². The second-order valence-corrected chi connectivity index (χ2v) is 8.06. The molecule has 0 atom stereocenters. The number of nitrogens with zero attached hydrogens (tertiary/aromatic N) is 3. The molecule has 0 aliphatic rings. The van der Waals surface area contributed by atoms with Gasteiger partial charge in [-0.2, -0.15) is 5.10 Å². The minimum atomic E-state index is -0.273. The van der Waals surface area contributed by atoms with Crippen molar-refractivity contribution < 1.29 is 9.18 Å². The van der Waals surface area contributed by atoms with E-state index in [0.29, 0.717) is 12.8 Å². The number of fused-ring (bicyclic) bond motifs is 1. The Bertz CT molecular complexity index is 1270. The number of anilines is 1. The highest BCUT2D eigenvalue weighted by Gasteiger charge is 2.18. The molecule has 32 heavy (non-hydrogen) atoms. The van der Waals surface area contributed by atoms with Gasteiger partial charge in [-0.3, -0.25) is 4.79 Å². The average Bonchev–Trinajstić information content (AvgIpc) is 3.10. The standard InChI is InChI=1S/C26H27FN4O/c1-5-19-6-12-22(13-7-19)29-24(32)15-14-23-16(2)28-26-25(17(3)30-31(26)18(23)4)20-8-10-21(27)11-9-20/h6-13H,5,14-15H2,1-4H3,(H,29,32). The minimum Gasteiger partial charge on any atom is -0.326 e. The smallest absolute Gasteiger partial charge is 0.224 e. The molecule has 0 saturated carbocycles. The Morgan fingerprint density at radius 2 is 1.69 bits per heavy atom. The van der Waals surface area contributed by atoms with Crippen molar-refractivity contribution in [3.05, 3.63) is 82.6 Å². The molecule has 1 amide bonds. The second-order valence-electron chi connectivity index (χ2n) is 8.06. The van der Waals surface area contributed by atoms with Crippen LogP contribution >= 0.6 is 0 Å². The zero-order chi connectivity index (χ0) is 22.8. The minimum absolute atomic E-state index is 0.0307. The summed E-state index contributed by atoms with van der Waals surface area (Å²) >= 11 is 0. The highest BCUT2D eigenvalue weighted by molar-refractivity contribution is 5.90. The molecule has 1 N–H and O–H groups in total. The van der Waals surface area contributed by atoms with Crippen LogP contribution in [0.25, 0.3) is 16.8 Å². The summed E-state index contributed by atoms with van der Waals surface area (Å²) in [6.45, 7) is 7.99. The Labute approximate surface area is 187 Å². The van der Waals surface area contributed by atoms with E-state index < -0.39 is 0 Å². The van der Waals surface area contributed by atoms with E-state index in [4.69, 9.17) is 4.98 Å². The van der Waals surface area contributed by atoms with Crippen LogP contribution in [0.5, 0.6) is 0 Å². The van der Waals surface area contributed by atoms with E-state index >= 15 is 0 Å². The molecular formula is C26H27FN4O. The SMILES string of the molecule is CCc1ccc(NC(=O)CCc2c(C)nc3c(-c4ccc(F)cc4)c(C)nn3c2C)cc1. The molecule has 5 nitrogen and oxygen atoms in total. The number of hydrogen-bond acceptors (Lipinski definition) is 3. The number of benzene rings is 2. The summed E-state index contributed by atoms with van der Waals surface area (Å²) < 4.78 is 15.2. The van der Waals surface area contributed by atoms with Crippen LogP contribution in [0.4, 0.5) is 10.1 Å². The molecule has 2 aromatic carbocycles. The number of aromatic nitrogens is 3. The number of hydrogen-bond donors (Lipinski definition) is 1. The molecule has 0 bridgehead atoms. The molecular weight excluding hydrogens is 403 g/mol. The number of carbonyl (C=O) groups excluding carboxylic acids is 1. The lowest BCUT2D eigenvalue weighted by Gasteiger charge is -2.12. The summed E-state index contributed by atoms with van der Waals surface area (Å²) in [6.07, 6.45) is 1.90. The molecule has 164 valence electrons. The van der Waals surface area contributed by atoms with Gasteiger partial charge in [-0.1, -0.05) is 31.2 Å². The monoisotopic (exact) mass is 430 g/mol. The van der Waals surface area contributed by atoms with Gasteiger partial charge in [0, 0.05) is 29.1 Å². The maximum absolute atomic E-state index is 13.4. The van der Waals surface area contributed by atoms with Crippen molar-refractivity contribution in [3.8, 4) is 11.1 Å². The largest absolute Gasteiger partial charge is 0.326 e. The molecule has 0 fully saturated rings. The average molecular weight is 431 g/mol. The van der Waals surface area contributed by atoms with Gasteiger partial charge in [-0.05, 0) is 74.6 Å². The van der Waals surface area contributed by atoms with Crippen LogP contribution in [0.15, 0.2) is 48.5 Å². The first kappa shape index (κ1) is 21.7. The van der Waals surface area contributed by atoms with Crippen molar-refractivity contribution in [1.29, 1.82) is 0 Å². The van der Waals surface area contributed by atoms with Gasteiger partial charge in [0.05, 0.1) is 5.69 Å². The fourth-order valence-electron chi connectivity index (χ4n) is 4.07. The molecule has 0 aliphatic heterocycles. The Balaban J connectivity index is 1.57. The van der Waals surface area contributed by atoms with Gasteiger partial charge in [0.15, 0.2) is 5.65 Å². The number of rotatable bonds is 6. The van der Waals surface area contributed by atoms with Crippen LogP contribution in [-0.2, 0) is 17.6 Å². The molecule has 0 radical (unpaired) electrons. The third-order valence-corrected chi connectivity index (χ3v) is 5.88. The number of carbonyl (C=O) groups is 1. The summed E-state index contributed by atoms with van der Waals surface area (Å²) in [5.74, 6) is -0.304. The van der Waals surface area contributed by atoms with Crippen molar-refractivity contribution in [1.82, 2.24) is 14.6 Å². The summed E-state index contributed by atoms with van der Waals surface area (Å²) in [7, 11) is 0. The van der Waals surface area contributed by atoms with Crippen LogP contribution in [-0.4, -0.2) is 20.5 Å². The van der Waals surface area contributed by atoms with Gasteiger partial charge in [0.1, 0.15) is 5.82 Å². The van der Waals surface area contributed by atoms with Crippen molar-refractivity contribution >= 4 is 17.2 Å². The summed E-state index contributed by atoms with van der Waals surface area (Å²) in [5.41, 5.74) is 8.25. The summed E-state index contributed by atoms with van der Waals surface area (Å²) in [6, 6.07) is 14.3. The van der Waals surface area contributed by atoms with Crippen LogP contribution in [0.2, 0.25) is 0 Å². The van der Waals surface area contributed by atoms with Crippen molar-refractivity contribution in [2.45, 2.75) is 47.0 Å². The predicted octanol–water partition coefficient (Wildman–Crippen LogP) is 5.59. The van der Waals surface area contributed by atoms with Gasteiger partial charge in [-0.25, -0.2) is 13.9 Å². The Hall–Kier alpha value is -3.54. The van der Waals surface area contributed by atoms with E-state index in [-0.39, 0.29) is 11.7 Å². The predicted molar refractivity (Wildman–Crippen MR) is 125 cm³/mol. The topological polar surface area (TPSA) is 59.3 Å². The fraction of sp³-hybridized carbons (Fsp3) is 0.269. The molecule has 2 aromatic heterocycles. The van der Waals surface area contributed by atoms with Gasteiger partial charge in [-0.15, -0.1) is 0 Å². The molecule has 0 saturated heterocycles. The fourth-order valence-corrected chi connectivity index (χ4v) is 4.07. The molecule has 4 rings (SSSR count). The lowest BCUT2D eigenvalue weighted by atomic mass is 10.0. The lowest BCUT2D eigenvalue weighted by Crippen LogP contribution is -2.14. The maximum Gasteiger partial charge on any atom is 0.224 e. The van der Waals surface area contributed by atoms with Gasteiger partial charge in [0.2, 0.25) is 5.91 Å². The van der Waals surface area contributed by atoms with E-state index in [1.807, 2.05) is 49.6 Å². The molecule has 6 heteroatoms. The number of halogens is 1. The van der Waals surface area contributed by atoms with E-state index in [1.54, 1.807) is 12.1 Å². The van der Waals surface area contributed by atoms with Gasteiger partial charge < -0.3 is 5.32 Å². The summed E-state index contributed by atoms with van der Waals surface area (Å²) in [5, 5.41) is 7.65. The van der Waals surface area contributed by atoms with Crippen molar-refractivity contribution in [2.24, 2.45) is 0 Å². The normalized spacial score (nSPS) is 11.2. The van der Waals surface area contributed by atoms with Crippen molar-refractivity contribution in [3.63, 3.8) is 0 Å². The zero-order valence-electron chi connectivity index (χ0n) is 18.9. The van der Waals surface area contributed by atoms with E-state index in [0.717, 1.165) is 51.5 Å². The van der Waals surface area contributed by atoms with E-state index in [2.05, 4.69) is 17.3 Å². The highest BCUT2D eigenvalue weighted by Crippen LogP contribution is 2.29. The van der Waals surface area contributed by atoms with E-state index in [9.17, 15) is 9.18 Å². The lowest BCUT2D eigenvalue weighted by molar-refractivity contribution is -0.116. The Morgan fingerprint density at radius 1 is 1.00 bits per heavy atom. The van der Waals surface area contributed by atoms with Crippen molar-refractivity contribution in [2.75, 3.05) is 5.32 Å². The molecule has 4 aromatic rings.